The first-order chi connectivity index (χ1) is 70.5. The van der Waals surface area contributed by atoms with E-state index in [-0.39, 0.29) is 76.0 Å². The zero-order valence-corrected chi connectivity index (χ0v) is 80.2. The molecule has 0 bridgehead atoms. The molecule has 842 valence electrons. The van der Waals surface area contributed by atoms with Crippen molar-refractivity contribution in [3.8, 4) is 28.4 Å². The number of amides is 6. The minimum absolute atomic E-state index is 0.00695. The quantitative estimate of drug-likeness (QED) is 0.0274. The van der Waals surface area contributed by atoms with Crippen LogP contribution >= 0.6 is 0 Å². The van der Waals surface area contributed by atoms with E-state index in [1.165, 1.54) is 24.3 Å². The van der Waals surface area contributed by atoms with E-state index in [0.29, 0.717) is 16.7 Å². The van der Waals surface area contributed by atoms with E-state index >= 15 is 0 Å². The topological polar surface area (TPSA) is 915 Å². The Bertz CT molecular complexity index is 4420. The fraction of sp³-hybridized carbons (Fsp3) is 0.795. The predicted molar refractivity (Wildman–Crippen MR) is 474 cm³/mol. The first-order valence-corrected chi connectivity index (χ1v) is 47.7. The molecule has 9 saturated heterocycles. The van der Waals surface area contributed by atoms with Crippen LogP contribution in [0.25, 0.3) is 11.1 Å². The second-order valence-corrected chi connectivity index (χ2v) is 37.0. The van der Waals surface area contributed by atoms with Crippen molar-refractivity contribution in [1.29, 1.82) is 0 Å². The molecule has 9 aliphatic heterocycles. The second-order valence-electron chi connectivity index (χ2n) is 37.0. The lowest BCUT2D eigenvalue weighted by Gasteiger charge is -2.71. The Balaban J connectivity index is 0.656. The Morgan fingerprint density at radius 2 is 0.588 bits per heavy atom. The minimum Gasteiger partial charge on any atom is -0.484 e. The average molecular weight is 2140 g/mol. The van der Waals surface area contributed by atoms with Gasteiger partial charge in [-0.3, -0.25) is 28.8 Å². The van der Waals surface area contributed by atoms with E-state index in [2.05, 4.69) is 31.9 Å². The molecule has 10 fully saturated rings. The number of aliphatic hydroxyl groups is 27. The Labute approximate surface area is 841 Å². The van der Waals surface area contributed by atoms with Crippen LogP contribution in [-0.2, 0) is 114 Å². The van der Waals surface area contributed by atoms with Crippen molar-refractivity contribution < 1.29 is 266 Å². The molecule has 12 rings (SSSR count). The summed E-state index contributed by atoms with van der Waals surface area (Å²) in [6.45, 7) is -6.32. The third-order valence-corrected chi connectivity index (χ3v) is 26.5. The van der Waals surface area contributed by atoms with Crippen LogP contribution in [0.2, 0.25) is 0 Å². The highest BCUT2D eigenvalue weighted by molar-refractivity contribution is 5.79. The Hall–Kier alpha value is -7.14. The van der Waals surface area contributed by atoms with Crippen molar-refractivity contribution >= 4 is 35.4 Å². The van der Waals surface area contributed by atoms with Crippen LogP contribution < -0.4 is 46.1 Å². The highest BCUT2D eigenvalue weighted by atomic mass is 16.8. The molecule has 10 aliphatic rings. The normalized spacial score (nSPS) is 40.8. The molecule has 2 aromatic rings. The fourth-order valence-corrected chi connectivity index (χ4v) is 18.6. The molecular formula is C88H136N6O54. The van der Waals surface area contributed by atoms with E-state index in [9.17, 15) is 167 Å². The van der Waals surface area contributed by atoms with Gasteiger partial charge < -0.3 is 269 Å². The Morgan fingerprint density at radius 1 is 0.311 bits per heavy atom. The zero-order valence-electron chi connectivity index (χ0n) is 80.2. The van der Waals surface area contributed by atoms with Crippen molar-refractivity contribution in [3.63, 3.8) is 0 Å². The third kappa shape index (κ3) is 27.3. The summed E-state index contributed by atoms with van der Waals surface area (Å²) < 4.78 is 122. The monoisotopic (exact) mass is 2140 g/mol. The van der Waals surface area contributed by atoms with Gasteiger partial charge in [0.25, 0.3) is 17.7 Å². The molecule has 2 aromatic carbocycles. The van der Waals surface area contributed by atoms with Gasteiger partial charge in [0, 0.05) is 46.5 Å². The zero-order chi connectivity index (χ0) is 108. The van der Waals surface area contributed by atoms with Gasteiger partial charge in [0.2, 0.25) is 17.7 Å². The molecule has 26 unspecified atom stereocenters. The smallest absolute Gasteiger partial charge is 0.257 e. The summed E-state index contributed by atoms with van der Waals surface area (Å²) in [4.78, 5) is 78.5. The van der Waals surface area contributed by atoms with Crippen LogP contribution in [0.3, 0.4) is 0 Å². The second kappa shape index (κ2) is 53.8. The van der Waals surface area contributed by atoms with Crippen LogP contribution in [0.1, 0.15) is 45.6 Å². The molecule has 9 heterocycles. The number of rotatable bonds is 49. The highest BCUT2D eigenvalue weighted by Gasteiger charge is 2.85. The Kier molecular flexibility index (Phi) is 43.4. The largest absolute Gasteiger partial charge is 0.484 e. The first-order valence-electron chi connectivity index (χ1n) is 47.7. The van der Waals surface area contributed by atoms with E-state index in [0.717, 1.165) is 20.8 Å². The Morgan fingerprint density at radius 3 is 0.892 bits per heavy atom. The molecule has 6 amide bonds. The van der Waals surface area contributed by atoms with Gasteiger partial charge in [-0.1, -0.05) is 6.07 Å². The summed E-state index contributed by atoms with van der Waals surface area (Å²) in [6.07, 6.45) is -72.0. The summed E-state index contributed by atoms with van der Waals surface area (Å²) in [5.41, 5.74) is -3.22. The fourth-order valence-electron chi connectivity index (χ4n) is 18.6. The molecule has 0 aromatic heterocycles. The summed E-state index contributed by atoms with van der Waals surface area (Å²) in [7, 11) is 0. The number of benzene rings is 2. The standard InChI is InChI=1S/C88H136N6O54/c1-32-14-36(16-38(15-32)131-28-49(107)89-8-5-11-128-78-52(92-33(2)104)60(115)70(46(25-100)139-78)142-83-67(122)73(57(112)43(22-97)136-83)145-81-65(120)63(118)55(110)41(20-95)134-81)37-17-39(132-29-50(108)90-9-6-12-129-79-53(93-34(3)105)61(116)71(47(26-101)140-79)143-84-68(123)74(58(113)44(23-98)137-84)146-82-66(121)64(119)56(111)42(21-96)135-82)19-40(18-37)133-30-51(109)91-10-7-13-130-80-54(94-35(4)106)62(117)72(48(27-102)141-80)144-85-69(124)75(59(114)45(24-99)138-85)147-86-88(127)77(126)76(125)87(88,31-103)148-86/h14-19,41-48,52-86,95-103,110-127H,5-13,20-31H2,1-4H3,(H,89,107)(H,90,108)(H,91,109)(H,92,104)(H,93,105)(H,94,106)/t41?,42?,43?,44?,45?,46?,47?,48?,52?,53?,54?,55-,56-,57-,58-,59-,60?,61?,62?,63?,64?,65?,66+,67?,68?,69?,70+,71+,72+,73?,74?,75?,76+,77?,78+,79+,80+,81+,82+,83-,84-,85-,86-,87?,88?/m0/s1. The number of nitrogens with one attached hydrogen (secondary N) is 6. The predicted octanol–water partition coefficient (Wildman–Crippen LogP) is -19.1. The van der Waals surface area contributed by atoms with Crippen LogP contribution in [0, 0.1) is 6.92 Å². The molecule has 0 radical (unpaired) electrons. The van der Waals surface area contributed by atoms with Crippen molar-refractivity contribution in [1.82, 2.24) is 31.9 Å². The van der Waals surface area contributed by atoms with Gasteiger partial charge in [-0.25, -0.2) is 0 Å². The summed E-state index contributed by atoms with van der Waals surface area (Å²) in [6, 6.07) is 4.68. The molecule has 60 heteroatoms. The maximum absolute atomic E-state index is 13.6. The van der Waals surface area contributed by atoms with E-state index in [1.807, 2.05) is 0 Å². The lowest BCUT2D eigenvalue weighted by molar-refractivity contribution is -0.532. The van der Waals surface area contributed by atoms with Crippen LogP contribution in [-0.4, -0.2) is 567 Å². The van der Waals surface area contributed by atoms with Gasteiger partial charge in [0.1, 0.15) is 225 Å². The molecule has 1 aliphatic carbocycles. The van der Waals surface area contributed by atoms with E-state index < -0.39 is 390 Å². The number of carbonyl (C=O) groups excluding carboxylic acids is 6. The van der Waals surface area contributed by atoms with Crippen molar-refractivity contribution in [2.24, 2.45) is 0 Å². The van der Waals surface area contributed by atoms with Crippen molar-refractivity contribution in [3.05, 3.63) is 42.0 Å². The molecule has 1 saturated carbocycles. The number of fused-ring (bicyclic) bond motifs is 1. The first kappa shape index (κ1) is 119. The van der Waals surface area contributed by atoms with Gasteiger partial charge in [-0.05, 0) is 67.1 Å². The minimum atomic E-state index is -2.44. The number of hydrogen-bond donors (Lipinski definition) is 33. The van der Waals surface area contributed by atoms with Crippen LogP contribution in [0.15, 0.2) is 36.4 Å². The summed E-state index contributed by atoms with van der Waals surface area (Å²) in [5, 5.41) is 305. The van der Waals surface area contributed by atoms with Gasteiger partial charge in [0.05, 0.1) is 79.3 Å². The van der Waals surface area contributed by atoms with Gasteiger partial charge >= 0.3 is 0 Å². The van der Waals surface area contributed by atoms with Crippen molar-refractivity contribution in [2.75, 3.05) is 119 Å². The number of hydrogen-bond acceptors (Lipinski definition) is 54. The number of aliphatic hydroxyl groups excluding tert-OH is 26. The van der Waals surface area contributed by atoms with Gasteiger partial charge in [-0.2, -0.15) is 0 Å². The average Bonchev–Trinajstić information content (AvgIpc) is 0.653. The summed E-state index contributed by atoms with van der Waals surface area (Å²) >= 11 is 0. The SMILES string of the molecule is CC(=O)NC1C(O)[C@H](O[C@@H]2OC(CO)[C@H](O)C(O[C@H]3OC(CO)[C@H](O)C(O)C3O)C2O)C(CO)O[C@H]1OCCCNC(=O)COc1cc(C)cc(-c2cc(OCC(=O)NCCCO[C@@H]3OC(CO)[C@@H](O[C@@H]4OC(CO)[C@H](O)C(O[C@H]5OC(CO)[C@H](O)C(O)[C@H]5O)C4O)C(O)C3NC(C)=O)cc(OCC(=O)NCCCO[C@@H]3OC(CO)[C@@H](O[C@@H]4OC(CO)[C@H](O)C(O[C@H]5OC6(CO)[C@H](O)C(O)C56O)C4O)C(O)C3NC(C)=O)c2)c1. The van der Waals surface area contributed by atoms with Gasteiger partial charge in [-0.15, -0.1) is 0 Å². The maximum atomic E-state index is 13.6. The van der Waals surface area contributed by atoms with E-state index in [1.54, 1.807) is 19.1 Å². The molecular weight excluding hydrogens is 2000 g/mol. The molecule has 60 nitrogen and oxygen atoms in total. The lowest BCUT2D eigenvalue weighted by atomic mass is 9.56. The van der Waals surface area contributed by atoms with Crippen LogP contribution in [0.4, 0.5) is 0 Å². The maximum Gasteiger partial charge on any atom is 0.257 e. The molecule has 45 atom stereocenters. The third-order valence-electron chi connectivity index (χ3n) is 26.5. The number of ether oxygens (including phenoxy) is 21. The number of carbonyl (C=O) groups is 6. The summed E-state index contributed by atoms with van der Waals surface area (Å²) in [5.74, 6) is -4.11. The number of aryl methyl sites for hydroxylation is 1. The molecule has 33 N–H and O–H groups in total. The van der Waals surface area contributed by atoms with E-state index in [4.69, 9.17) is 99.5 Å². The lowest BCUT2D eigenvalue weighted by Crippen LogP contribution is -2.96. The molecule has 0 spiro atoms. The van der Waals surface area contributed by atoms with Crippen LogP contribution in [0.5, 0.6) is 17.2 Å². The molecule has 148 heavy (non-hydrogen) atoms. The highest BCUT2D eigenvalue weighted by Crippen LogP contribution is 2.58. The van der Waals surface area contributed by atoms with Crippen molar-refractivity contribution in [2.45, 2.75) is 322 Å². The van der Waals surface area contributed by atoms with Gasteiger partial charge in [0.15, 0.2) is 87.6 Å².